The number of carbonyl (C=O) groups excluding carboxylic acids is 1. The molecule has 1 N–H and O–H groups in total. The molecule has 0 aliphatic heterocycles. The fourth-order valence-corrected chi connectivity index (χ4v) is 3.46. The maximum Gasteiger partial charge on any atom is 0.346 e. The van der Waals surface area contributed by atoms with E-state index in [-0.39, 0.29) is 35.8 Å². The second kappa shape index (κ2) is 7.77. The third-order valence-electron chi connectivity index (χ3n) is 4.49. The first-order chi connectivity index (χ1) is 13.5. The molecule has 4 rings (SSSR count). The molecule has 1 aliphatic rings. The summed E-state index contributed by atoms with van der Waals surface area (Å²) in [4.78, 5) is 29.2. The Morgan fingerprint density at radius 1 is 1.25 bits per heavy atom. The normalized spacial score (nSPS) is 13.5. The first-order valence-corrected chi connectivity index (χ1v) is 9.63. The van der Waals surface area contributed by atoms with E-state index < -0.39 is 0 Å². The topological polar surface area (TPSA) is 81.8 Å². The van der Waals surface area contributed by atoms with Gasteiger partial charge in [-0.15, -0.1) is 5.10 Å². The highest BCUT2D eigenvalue weighted by molar-refractivity contribution is 6.36. The lowest BCUT2D eigenvalue weighted by Crippen LogP contribution is -2.32. The highest BCUT2D eigenvalue weighted by atomic mass is 35.5. The van der Waals surface area contributed by atoms with E-state index in [9.17, 15) is 9.59 Å². The highest BCUT2D eigenvalue weighted by Gasteiger charge is 2.30. The van der Waals surface area contributed by atoms with Gasteiger partial charge >= 0.3 is 5.69 Å². The van der Waals surface area contributed by atoms with Crippen molar-refractivity contribution in [2.75, 3.05) is 6.54 Å². The van der Waals surface area contributed by atoms with Crippen LogP contribution < -0.4 is 11.0 Å². The highest BCUT2D eigenvalue weighted by Crippen LogP contribution is 2.36. The largest absolute Gasteiger partial charge is 0.350 e. The first kappa shape index (κ1) is 18.7. The summed E-state index contributed by atoms with van der Waals surface area (Å²) in [6.07, 6.45) is 5.29. The third-order valence-corrected chi connectivity index (χ3v) is 5.03. The number of aromatic nitrogens is 4. The number of nitrogens with zero attached hydrogens (tertiary/aromatic N) is 4. The van der Waals surface area contributed by atoms with Crippen molar-refractivity contribution in [3.05, 3.63) is 68.8 Å². The molecule has 0 unspecified atom stereocenters. The number of halogens is 2. The van der Waals surface area contributed by atoms with Gasteiger partial charge < -0.3 is 5.32 Å². The molecular weight excluding hydrogens is 401 g/mol. The fourth-order valence-electron chi connectivity index (χ4n) is 2.96. The Morgan fingerprint density at radius 2 is 2.07 bits per heavy atom. The van der Waals surface area contributed by atoms with E-state index in [0.717, 1.165) is 18.4 Å². The van der Waals surface area contributed by atoms with E-state index in [2.05, 4.69) is 15.4 Å². The van der Waals surface area contributed by atoms with E-state index in [1.807, 2.05) is 12.1 Å². The molecule has 1 fully saturated rings. The molecule has 0 spiro atoms. The van der Waals surface area contributed by atoms with Gasteiger partial charge in [0, 0.05) is 35.6 Å². The van der Waals surface area contributed by atoms with Crippen LogP contribution in [0, 0.1) is 0 Å². The van der Waals surface area contributed by atoms with Gasteiger partial charge in [-0.2, -0.15) is 0 Å². The van der Waals surface area contributed by atoms with Crippen LogP contribution in [0.5, 0.6) is 0 Å². The lowest BCUT2D eigenvalue weighted by atomic mass is 10.2. The monoisotopic (exact) mass is 417 g/mol. The molecular formula is C19H17Cl2N5O2. The minimum Gasteiger partial charge on any atom is -0.350 e. The summed E-state index contributed by atoms with van der Waals surface area (Å²) in [5, 5.41) is 7.97. The van der Waals surface area contributed by atoms with Gasteiger partial charge in [-0.05, 0) is 43.2 Å². The van der Waals surface area contributed by atoms with Gasteiger partial charge in [0.25, 0.3) is 5.91 Å². The van der Waals surface area contributed by atoms with Crippen molar-refractivity contribution < 1.29 is 4.79 Å². The van der Waals surface area contributed by atoms with Crippen molar-refractivity contribution in [1.82, 2.24) is 24.6 Å². The predicted octanol–water partition coefficient (Wildman–Crippen LogP) is 3.18. The number of pyridine rings is 1. The van der Waals surface area contributed by atoms with Crippen LogP contribution in [-0.4, -0.2) is 31.8 Å². The Bertz CT molecular complexity index is 1070. The Balaban J connectivity index is 1.50. The van der Waals surface area contributed by atoms with Crippen LogP contribution >= 0.6 is 23.2 Å². The molecule has 28 heavy (non-hydrogen) atoms. The van der Waals surface area contributed by atoms with Gasteiger partial charge in [-0.1, -0.05) is 23.2 Å². The third kappa shape index (κ3) is 3.81. The summed E-state index contributed by atoms with van der Waals surface area (Å²) < 4.78 is 3.10. The lowest BCUT2D eigenvalue weighted by Gasteiger charge is -2.06. The first-order valence-electron chi connectivity index (χ1n) is 8.87. The van der Waals surface area contributed by atoms with Crippen LogP contribution in [0.4, 0.5) is 0 Å². The van der Waals surface area contributed by atoms with Gasteiger partial charge in [0.1, 0.15) is 0 Å². The molecule has 144 valence electrons. The van der Waals surface area contributed by atoms with Crippen molar-refractivity contribution in [3.8, 4) is 11.4 Å². The van der Waals surface area contributed by atoms with Gasteiger partial charge in [-0.25, -0.2) is 9.48 Å². The van der Waals surface area contributed by atoms with Crippen molar-refractivity contribution in [2.24, 2.45) is 0 Å². The zero-order valence-electron chi connectivity index (χ0n) is 14.8. The zero-order valence-corrected chi connectivity index (χ0v) is 16.3. The smallest absolute Gasteiger partial charge is 0.346 e. The van der Waals surface area contributed by atoms with Crippen LogP contribution in [-0.2, 0) is 6.54 Å². The molecule has 0 saturated heterocycles. The second-order valence-corrected chi connectivity index (χ2v) is 7.40. The minimum atomic E-state index is -0.330. The number of rotatable bonds is 6. The summed E-state index contributed by atoms with van der Waals surface area (Å²) in [6, 6.07) is 8.55. The summed E-state index contributed by atoms with van der Waals surface area (Å²) in [6.45, 7) is 0.495. The van der Waals surface area contributed by atoms with Crippen molar-refractivity contribution in [1.29, 1.82) is 0 Å². The second-order valence-electron chi connectivity index (χ2n) is 6.55. The molecule has 0 bridgehead atoms. The molecule has 9 heteroatoms. The Kier molecular flexibility index (Phi) is 5.19. The van der Waals surface area contributed by atoms with Crippen LogP contribution in [0.25, 0.3) is 11.4 Å². The van der Waals surface area contributed by atoms with E-state index >= 15 is 0 Å². The maximum atomic E-state index is 12.8. The standard InChI is InChI=1S/C19H17Cl2N5O2/c20-13-3-6-15(16(21)10-13)18(27)23-8-9-25-19(28)26(14-4-5-14)17(24-25)12-2-1-7-22-11-12/h1-3,6-7,10-11,14H,4-5,8-9H2,(H,23,27). The quantitative estimate of drug-likeness (QED) is 0.667. The van der Waals surface area contributed by atoms with Crippen LogP contribution in [0.2, 0.25) is 10.0 Å². The molecule has 2 heterocycles. The van der Waals surface area contributed by atoms with Gasteiger partial charge in [0.15, 0.2) is 5.82 Å². The number of hydrogen-bond acceptors (Lipinski definition) is 4. The Hall–Kier alpha value is -2.64. The average Bonchev–Trinajstić information content (AvgIpc) is 3.46. The molecule has 0 radical (unpaired) electrons. The number of nitrogens with one attached hydrogen (secondary N) is 1. The number of amides is 1. The Labute approximate surface area is 170 Å². The Morgan fingerprint density at radius 3 is 2.75 bits per heavy atom. The van der Waals surface area contributed by atoms with Crippen molar-refractivity contribution in [2.45, 2.75) is 25.4 Å². The van der Waals surface area contributed by atoms with Gasteiger partial charge in [0.2, 0.25) is 0 Å². The van der Waals surface area contributed by atoms with Gasteiger partial charge in [-0.3, -0.25) is 14.3 Å². The van der Waals surface area contributed by atoms with E-state index in [1.165, 1.54) is 10.7 Å². The SMILES string of the molecule is O=C(NCCn1nc(-c2cccnc2)n(C2CC2)c1=O)c1ccc(Cl)cc1Cl. The van der Waals surface area contributed by atoms with E-state index in [0.29, 0.717) is 16.4 Å². The van der Waals surface area contributed by atoms with Crippen molar-refractivity contribution >= 4 is 29.1 Å². The molecule has 0 atom stereocenters. The molecule has 1 aromatic carbocycles. The molecule has 2 aromatic heterocycles. The summed E-state index contributed by atoms with van der Waals surface area (Å²) in [7, 11) is 0. The average molecular weight is 418 g/mol. The fraction of sp³-hybridized carbons (Fsp3) is 0.263. The van der Waals surface area contributed by atoms with Crippen LogP contribution in [0.1, 0.15) is 29.2 Å². The van der Waals surface area contributed by atoms with E-state index in [1.54, 1.807) is 29.1 Å². The zero-order chi connectivity index (χ0) is 19.7. The summed E-state index contributed by atoms with van der Waals surface area (Å²) in [5.41, 5.74) is 0.945. The number of carbonyl (C=O) groups is 1. The summed E-state index contributed by atoms with van der Waals surface area (Å²) >= 11 is 11.9. The maximum absolute atomic E-state index is 12.8. The lowest BCUT2D eigenvalue weighted by molar-refractivity contribution is 0.0952. The summed E-state index contributed by atoms with van der Waals surface area (Å²) in [5.74, 6) is 0.275. The minimum absolute atomic E-state index is 0.180. The van der Waals surface area contributed by atoms with Crippen LogP contribution in [0.3, 0.4) is 0 Å². The molecule has 3 aromatic rings. The molecule has 7 nitrogen and oxygen atoms in total. The molecule has 1 amide bonds. The number of hydrogen-bond donors (Lipinski definition) is 1. The molecule has 1 saturated carbocycles. The van der Waals surface area contributed by atoms with Crippen LogP contribution in [0.15, 0.2) is 47.5 Å². The molecule has 1 aliphatic carbocycles. The van der Waals surface area contributed by atoms with Crippen molar-refractivity contribution in [3.63, 3.8) is 0 Å². The van der Waals surface area contributed by atoms with E-state index in [4.69, 9.17) is 23.2 Å². The van der Waals surface area contributed by atoms with Gasteiger partial charge in [0.05, 0.1) is 17.1 Å². The number of benzene rings is 1. The predicted molar refractivity (Wildman–Crippen MR) is 107 cm³/mol.